The van der Waals surface area contributed by atoms with Crippen molar-refractivity contribution in [2.75, 3.05) is 43.9 Å². The Morgan fingerprint density at radius 3 is 2.30 bits per heavy atom. The Hall–Kier alpha value is -3.10. The van der Waals surface area contributed by atoms with Crippen molar-refractivity contribution in [2.24, 2.45) is 0 Å². The van der Waals surface area contributed by atoms with Crippen molar-refractivity contribution in [3.05, 3.63) is 57.0 Å². The van der Waals surface area contributed by atoms with E-state index in [-0.39, 0.29) is 70.0 Å². The van der Waals surface area contributed by atoms with E-state index in [1.165, 1.54) is 16.6 Å². The highest BCUT2D eigenvalue weighted by atomic mass is 35.5. The lowest BCUT2D eigenvalue weighted by molar-refractivity contribution is -0.137. The lowest BCUT2D eigenvalue weighted by Crippen LogP contribution is -2.50. The molecule has 0 spiro atoms. The fourth-order valence-corrected chi connectivity index (χ4v) is 8.21. The molecule has 2 atom stereocenters. The van der Waals surface area contributed by atoms with E-state index in [2.05, 4.69) is 4.98 Å². The number of anilines is 1. The van der Waals surface area contributed by atoms with Crippen molar-refractivity contribution < 1.29 is 36.2 Å². The van der Waals surface area contributed by atoms with E-state index < -0.39 is 57.8 Å². The van der Waals surface area contributed by atoms with Gasteiger partial charge in [0.2, 0.25) is 0 Å². The predicted octanol–water partition coefficient (Wildman–Crippen LogP) is 5.85. The third-order valence-electron chi connectivity index (χ3n) is 7.27. The molecule has 2 aliphatic heterocycles. The van der Waals surface area contributed by atoms with Crippen LogP contribution in [0.3, 0.4) is 0 Å². The average Bonchev–Trinajstić information content (AvgIpc) is 3.09. The first-order valence-electron chi connectivity index (χ1n) is 13.4. The van der Waals surface area contributed by atoms with Crippen LogP contribution < -0.4 is 10.6 Å². The van der Waals surface area contributed by atoms with Crippen LogP contribution in [-0.2, 0) is 22.2 Å². The number of nitrogens with zero attached hydrogens (tertiary/aromatic N) is 4. The first-order chi connectivity index (χ1) is 20.1. The zero-order chi connectivity index (χ0) is 31.4. The smallest absolute Gasteiger partial charge is 0.416 e. The summed E-state index contributed by atoms with van der Waals surface area (Å²) in [6, 6.07) is 3.55. The van der Waals surface area contributed by atoms with Crippen LogP contribution in [-0.4, -0.2) is 71.3 Å². The molecule has 8 nitrogen and oxygen atoms in total. The molecule has 1 amide bonds. The molecule has 1 saturated heterocycles. The molecule has 3 heterocycles. The first kappa shape index (κ1) is 31.3. The molecule has 2 aliphatic rings. The Kier molecular flexibility index (Phi) is 8.33. The van der Waals surface area contributed by atoms with Crippen molar-refractivity contribution in [3.8, 4) is 0 Å². The number of hydrogen-bond acceptors (Lipinski definition) is 6. The molecule has 2 aromatic carbocycles. The van der Waals surface area contributed by atoms with E-state index in [1.807, 2.05) is 0 Å². The molecule has 5 rings (SSSR count). The topological polar surface area (TPSA) is 76.9 Å². The molecular formula is C28H30ClF5N4O4S. The van der Waals surface area contributed by atoms with Gasteiger partial charge in [-0.25, -0.2) is 18.4 Å². The molecule has 43 heavy (non-hydrogen) atoms. The summed E-state index contributed by atoms with van der Waals surface area (Å²) in [6.45, 7) is 5.90. The normalized spacial score (nSPS) is 20.3. The van der Waals surface area contributed by atoms with Gasteiger partial charge in [0.05, 0.1) is 28.8 Å². The van der Waals surface area contributed by atoms with Gasteiger partial charge < -0.3 is 19.3 Å². The molecule has 0 bridgehead atoms. The van der Waals surface area contributed by atoms with E-state index in [9.17, 15) is 27.2 Å². The van der Waals surface area contributed by atoms with Gasteiger partial charge in [0.1, 0.15) is 23.1 Å². The third-order valence-corrected chi connectivity index (χ3v) is 10.2. The van der Waals surface area contributed by atoms with Gasteiger partial charge in [-0.15, -0.1) is 0 Å². The van der Waals surface area contributed by atoms with E-state index in [4.69, 9.17) is 21.1 Å². The molecule has 1 fully saturated rings. The third kappa shape index (κ3) is 6.27. The van der Waals surface area contributed by atoms with Crippen LogP contribution in [0.4, 0.5) is 32.6 Å². The van der Waals surface area contributed by atoms with Gasteiger partial charge in [-0.05, 0) is 39.0 Å². The summed E-state index contributed by atoms with van der Waals surface area (Å²) in [5.41, 5.74) is -2.26. The molecule has 0 radical (unpaired) electrons. The SMILES string of the molecule is CO[C@@H]1Cn2c(=O)nc(N3CCN(C(=O)OC(C)(C)C)CC3)c3cc(C(F)(F)F)cc(c32)[SH](c2cc(Cl)c(F)cc2F)C1. The highest BCUT2D eigenvalue weighted by Gasteiger charge is 2.37. The van der Waals surface area contributed by atoms with Crippen LogP contribution >= 0.6 is 22.5 Å². The quantitative estimate of drug-likeness (QED) is 0.218. The highest BCUT2D eigenvalue weighted by Crippen LogP contribution is 2.53. The van der Waals surface area contributed by atoms with Crippen LogP contribution in [0.25, 0.3) is 10.9 Å². The summed E-state index contributed by atoms with van der Waals surface area (Å²) >= 11 is 5.99. The summed E-state index contributed by atoms with van der Waals surface area (Å²) in [6.07, 6.45) is -6.00. The zero-order valence-corrected chi connectivity index (χ0v) is 25.4. The molecule has 0 aliphatic carbocycles. The number of benzene rings is 2. The molecule has 15 heteroatoms. The maximum absolute atomic E-state index is 15.2. The van der Waals surface area contributed by atoms with Gasteiger partial charge in [0, 0.05) is 60.3 Å². The van der Waals surface area contributed by atoms with Crippen LogP contribution in [0.1, 0.15) is 26.3 Å². The van der Waals surface area contributed by atoms with Gasteiger partial charge in [-0.3, -0.25) is 4.57 Å². The van der Waals surface area contributed by atoms with Crippen LogP contribution in [0.5, 0.6) is 0 Å². The number of methoxy groups -OCH3 is 1. The summed E-state index contributed by atoms with van der Waals surface area (Å²) in [5, 5.41) is -0.330. The Morgan fingerprint density at radius 2 is 1.70 bits per heavy atom. The number of carbonyl (C=O) groups excluding carboxylic acids is 1. The highest BCUT2D eigenvalue weighted by molar-refractivity contribution is 8.17. The van der Waals surface area contributed by atoms with Crippen molar-refractivity contribution in [1.82, 2.24) is 14.5 Å². The van der Waals surface area contributed by atoms with Gasteiger partial charge in [0.15, 0.2) is 0 Å². The number of alkyl halides is 3. The van der Waals surface area contributed by atoms with Crippen molar-refractivity contribution in [2.45, 2.75) is 55.0 Å². The number of rotatable bonds is 3. The lowest BCUT2D eigenvalue weighted by atomic mass is 10.1. The number of ether oxygens (including phenoxy) is 2. The van der Waals surface area contributed by atoms with Crippen molar-refractivity contribution >= 4 is 45.3 Å². The van der Waals surface area contributed by atoms with E-state index in [0.29, 0.717) is 6.07 Å². The standard InChI is InChI=1S/C28H30ClF5N4O4S/c1-27(2,3)42-26(40)37-7-5-36(6-8-37)24-17-9-15(28(32,33)34)10-22-23(17)38(25(39)35-24)13-16(41-4)14-43(22)21-11-18(29)19(30)12-20(21)31/h9-12,16,43H,5-8,13-14H2,1-4H3/t16-/m1/s1. The number of halogens is 6. The van der Waals surface area contributed by atoms with Gasteiger partial charge >= 0.3 is 18.0 Å². The second-order valence-electron chi connectivity index (χ2n) is 11.4. The second kappa shape index (κ2) is 11.4. The van der Waals surface area contributed by atoms with E-state index in [1.54, 1.807) is 25.7 Å². The molecular weight excluding hydrogens is 619 g/mol. The van der Waals surface area contributed by atoms with Crippen LogP contribution in [0, 0.1) is 11.6 Å². The maximum Gasteiger partial charge on any atom is 0.416 e. The fraction of sp³-hybridized carbons (Fsp3) is 0.464. The second-order valence-corrected chi connectivity index (χ2v) is 14.0. The number of amides is 1. The summed E-state index contributed by atoms with van der Waals surface area (Å²) < 4.78 is 84.6. The minimum atomic E-state index is -4.79. The number of aromatic nitrogens is 2. The molecule has 0 N–H and O–H groups in total. The largest absolute Gasteiger partial charge is 0.444 e. The van der Waals surface area contributed by atoms with Crippen LogP contribution in [0.2, 0.25) is 5.02 Å². The summed E-state index contributed by atoms with van der Waals surface area (Å²) in [4.78, 5) is 33.4. The zero-order valence-electron chi connectivity index (χ0n) is 23.8. The molecule has 234 valence electrons. The molecule has 1 aromatic heterocycles. The Bertz CT molecular complexity index is 1640. The monoisotopic (exact) mass is 648 g/mol. The number of carbonyl (C=O) groups is 1. The molecule has 0 saturated carbocycles. The number of hydrogen-bond donors (Lipinski definition) is 1. The lowest BCUT2D eigenvalue weighted by Gasteiger charge is -2.36. The number of piperazine rings is 1. The Labute approximate surface area is 251 Å². The fourth-order valence-electron chi connectivity index (χ4n) is 5.25. The molecule has 1 unspecified atom stereocenters. The van der Waals surface area contributed by atoms with Crippen LogP contribution in [0.15, 0.2) is 38.9 Å². The Balaban J connectivity index is 1.69. The molecule has 3 aromatic rings. The summed E-state index contributed by atoms with van der Waals surface area (Å²) in [5.74, 6) is -1.89. The van der Waals surface area contributed by atoms with Gasteiger partial charge in [0.25, 0.3) is 0 Å². The minimum absolute atomic E-state index is 0.0240. The number of thiol groups is 1. The predicted molar refractivity (Wildman–Crippen MR) is 154 cm³/mol. The van der Waals surface area contributed by atoms with Crippen molar-refractivity contribution in [3.63, 3.8) is 0 Å². The maximum atomic E-state index is 15.2. The summed E-state index contributed by atoms with van der Waals surface area (Å²) in [7, 11) is -0.568. The van der Waals surface area contributed by atoms with Crippen molar-refractivity contribution in [1.29, 1.82) is 0 Å². The van der Waals surface area contributed by atoms with E-state index in [0.717, 1.165) is 18.2 Å². The van der Waals surface area contributed by atoms with Gasteiger partial charge in [-0.2, -0.15) is 29.1 Å². The van der Waals surface area contributed by atoms with E-state index >= 15 is 4.39 Å². The minimum Gasteiger partial charge on any atom is -0.444 e. The average molecular weight is 649 g/mol. The van der Waals surface area contributed by atoms with Gasteiger partial charge in [-0.1, -0.05) is 11.6 Å². The first-order valence-corrected chi connectivity index (χ1v) is 15.3. The Morgan fingerprint density at radius 1 is 1.02 bits per heavy atom.